The summed E-state index contributed by atoms with van der Waals surface area (Å²) in [5.74, 6) is 1.34. The molecule has 152 valence electrons. The van der Waals surface area contributed by atoms with E-state index in [1.165, 1.54) is 4.90 Å². The number of hydrogen-bond acceptors (Lipinski definition) is 5. The smallest absolute Gasteiger partial charge is 0.271 e. The molecule has 0 aromatic heterocycles. The molecule has 3 rings (SSSR count). The maximum Gasteiger partial charge on any atom is 0.271 e. The minimum absolute atomic E-state index is 0.100. The van der Waals surface area contributed by atoms with Crippen molar-refractivity contribution in [1.29, 1.82) is 5.41 Å². The third kappa shape index (κ3) is 4.89. The van der Waals surface area contributed by atoms with Gasteiger partial charge in [0.25, 0.3) is 5.91 Å². The number of carbonyl (C=O) groups is 1. The fourth-order valence-corrected chi connectivity index (χ4v) is 3.80. The van der Waals surface area contributed by atoms with Crippen molar-refractivity contribution in [2.75, 3.05) is 18.6 Å². The van der Waals surface area contributed by atoms with E-state index < -0.39 is 0 Å². The van der Waals surface area contributed by atoms with Crippen molar-refractivity contribution in [3.8, 4) is 11.5 Å². The molecular formula is C21H20Cl2N2O3S. The van der Waals surface area contributed by atoms with Gasteiger partial charge < -0.3 is 9.47 Å². The van der Waals surface area contributed by atoms with Crippen LogP contribution in [0.15, 0.2) is 41.3 Å². The van der Waals surface area contributed by atoms with Gasteiger partial charge >= 0.3 is 0 Å². The van der Waals surface area contributed by atoms with Gasteiger partial charge in [-0.25, -0.2) is 0 Å². The van der Waals surface area contributed by atoms with E-state index in [2.05, 4.69) is 13.8 Å². The summed E-state index contributed by atoms with van der Waals surface area (Å²) >= 11 is 13.1. The second kappa shape index (κ2) is 9.11. The van der Waals surface area contributed by atoms with Gasteiger partial charge in [0.2, 0.25) is 0 Å². The van der Waals surface area contributed by atoms with Crippen molar-refractivity contribution in [2.24, 2.45) is 5.92 Å². The fourth-order valence-electron chi connectivity index (χ4n) is 2.65. The number of halogens is 2. The topological polar surface area (TPSA) is 62.6 Å². The molecule has 29 heavy (non-hydrogen) atoms. The van der Waals surface area contributed by atoms with Crippen molar-refractivity contribution in [3.63, 3.8) is 0 Å². The van der Waals surface area contributed by atoms with Crippen molar-refractivity contribution in [3.05, 3.63) is 56.9 Å². The number of hydrogen-bond donors (Lipinski definition) is 1. The molecule has 0 unspecified atom stereocenters. The Morgan fingerprint density at radius 3 is 2.55 bits per heavy atom. The van der Waals surface area contributed by atoms with Crippen molar-refractivity contribution >= 4 is 57.8 Å². The van der Waals surface area contributed by atoms with E-state index in [1.54, 1.807) is 31.4 Å². The molecule has 5 nitrogen and oxygen atoms in total. The fraction of sp³-hybridized carbons (Fsp3) is 0.238. The van der Waals surface area contributed by atoms with E-state index in [0.29, 0.717) is 44.7 Å². The molecule has 0 saturated carbocycles. The standard InChI is InChI=1S/C21H20Cl2N2O3S/c1-12(2)11-28-17-7-4-13(8-18(17)27-3)9-19-20(26)25(21(24)29-19)14-5-6-15(22)16(23)10-14/h4-10,12,24H,11H2,1-3H3/b19-9-,24-21?. The van der Waals surface area contributed by atoms with Crippen LogP contribution in [-0.4, -0.2) is 24.8 Å². The maximum absolute atomic E-state index is 12.9. The van der Waals surface area contributed by atoms with E-state index in [0.717, 1.165) is 17.3 Å². The largest absolute Gasteiger partial charge is 0.493 e. The number of benzene rings is 2. The molecule has 1 saturated heterocycles. The van der Waals surface area contributed by atoms with Gasteiger partial charge in [-0.05, 0) is 59.7 Å². The van der Waals surface area contributed by atoms with Gasteiger partial charge in [-0.15, -0.1) is 0 Å². The summed E-state index contributed by atoms with van der Waals surface area (Å²) in [4.78, 5) is 14.6. The average Bonchev–Trinajstić information content (AvgIpc) is 2.96. The second-order valence-electron chi connectivity index (χ2n) is 6.77. The highest BCUT2D eigenvalue weighted by atomic mass is 35.5. The number of amides is 1. The zero-order valence-electron chi connectivity index (χ0n) is 16.2. The lowest BCUT2D eigenvalue weighted by molar-refractivity contribution is -0.113. The van der Waals surface area contributed by atoms with Crippen molar-refractivity contribution < 1.29 is 14.3 Å². The summed E-state index contributed by atoms with van der Waals surface area (Å²) in [6, 6.07) is 10.3. The predicted octanol–water partition coefficient (Wildman–Crippen LogP) is 6.09. The van der Waals surface area contributed by atoms with Crippen LogP contribution in [0.5, 0.6) is 11.5 Å². The van der Waals surface area contributed by atoms with Gasteiger partial charge in [-0.3, -0.25) is 15.1 Å². The molecule has 2 aromatic rings. The quantitative estimate of drug-likeness (QED) is 0.540. The van der Waals surface area contributed by atoms with Crippen LogP contribution < -0.4 is 14.4 Å². The Balaban J connectivity index is 1.86. The van der Waals surface area contributed by atoms with E-state index >= 15 is 0 Å². The lowest BCUT2D eigenvalue weighted by Crippen LogP contribution is -2.28. The number of methoxy groups -OCH3 is 1. The minimum atomic E-state index is -0.294. The lowest BCUT2D eigenvalue weighted by atomic mass is 10.1. The second-order valence-corrected chi connectivity index (χ2v) is 8.61. The third-order valence-corrected chi connectivity index (χ3v) is 5.67. The molecule has 1 amide bonds. The highest BCUT2D eigenvalue weighted by Crippen LogP contribution is 2.38. The van der Waals surface area contributed by atoms with Crippen LogP contribution in [0, 0.1) is 11.3 Å². The van der Waals surface area contributed by atoms with Crippen LogP contribution in [-0.2, 0) is 4.79 Å². The zero-order chi connectivity index (χ0) is 21.1. The molecule has 2 aromatic carbocycles. The molecule has 0 aliphatic carbocycles. The monoisotopic (exact) mass is 450 g/mol. The average molecular weight is 451 g/mol. The number of anilines is 1. The van der Waals surface area contributed by atoms with Crippen LogP contribution in [0.2, 0.25) is 10.0 Å². The predicted molar refractivity (Wildman–Crippen MR) is 121 cm³/mol. The first-order valence-corrected chi connectivity index (χ1v) is 10.5. The third-order valence-electron chi connectivity index (χ3n) is 4.04. The molecule has 1 fully saturated rings. The van der Waals surface area contributed by atoms with Crippen molar-refractivity contribution in [1.82, 2.24) is 0 Å². The SMILES string of the molecule is COc1cc(/C=C2\SC(=N)N(c3ccc(Cl)c(Cl)c3)C2=O)ccc1OCC(C)C. The van der Waals surface area contributed by atoms with E-state index in [9.17, 15) is 4.79 Å². The van der Waals surface area contributed by atoms with Crippen LogP contribution >= 0.6 is 35.0 Å². The summed E-state index contributed by atoms with van der Waals surface area (Å²) in [5, 5.41) is 9.03. The highest BCUT2D eigenvalue weighted by Gasteiger charge is 2.33. The first-order chi connectivity index (χ1) is 13.8. The summed E-state index contributed by atoms with van der Waals surface area (Å²) in [6.07, 6.45) is 1.73. The molecule has 1 aliphatic heterocycles. The van der Waals surface area contributed by atoms with E-state index in [-0.39, 0.29) is 11.1 Å². The summed E-state index contributed by atoms with van der Waals surface area (Å²) in [7, 11) is 1.58. The molecule has 1 N–H and O–H groups in total. The molecule has 0 bridgehead atoms. The van der Waals surface area contributed by atoms with Gasteiger partial charge in [0.05, 0.1) is 34.4 Å². The van der Waals surface area contributed by atoms with Gasteiger partial charge in [-0.2, -0.15) is 0 Å². The molecule has 0 atom stereocenters. The van der Waals surface area contributed by atoms with Crippen LogP contribution in [0.4, 0.5) is 5.69 Å². The highest BCUT2D eigenvalue weighted by molar-refractivity contribution is 8.19. The van der Waals surface area contributed by atoms with E-state index in [4.69, 9.17) is 38.1 Å². The van der Waals surface area contributed by atoms with Gasteiger partial charge in [0.1, 0.15) is 0 Å². The maximum atomic E-state index is 12.9. The molecule has 0 radical (unpaired) electrons. The Labute approximate surface area is 184 Å². The molecule has 8 heteroatoms. The molecular weight excluding hydrogens is 431 g/mol. The number of thioether (sulfide) groups is 1. The first kappa shape index (κ1) is 21.6. The Kier molecular flexibility index (Phi) is 6.77. The Morgan fingerprint density at radius 1 is 1.14 bits per heavy atom. The van der Waals surface area contributed by atoms with Crippen LogP contribution in [0.25, 0.3) is 6.08 Å². The van der Waals surface area contributed by atoms with Gasteiger partial charge in [0, 0.05) is 0 Å². The number of nitrogens with zero attached hydrogens (tertiary/aromatic N) is 1. The Morgan fingerprint density at radius 2 is 1.90 bits per heavy atom. The number of nitrogens with one attached hydrogen (secondary N) is 1. The zero-order valence-corrected chi connectivity index (χ0v) is 18.5. The molecule has 1 aliphatic rings. The van der Waals surface area contributed by atoms with Crippen molar-refractivity contribution in [2.45, 2.75) is 13.8 Å². The minimum Gasteiger partial charge on any atom is -0.493 e. The normalized spacial score (nSPS) is 15.5. The Hall–Kier alpha value is -2.15. The number of amidine groups is 1. The first-order valence-electron chi connectivity index (χ1n) is 8.88. The molecule has 1 heterocycles. The lowest BCUT2D eigenvalue weighted by Gasteiger charge is -2.15. The number of carbonyl (C=O) groups excluding carboxylic acids is 1. The number of rotatable bonds is 6. The van der Waals surface area contributed by atoms with Gasteiger partial charge in [-0.1, -0.05) is 43.1 Å². The summed E-state index contributed by atoms with van der Waals surface area (Å²) in [6.45, 7) is 4.73. The summed E-state index contributed by atoms with van der Waals surface area (Å²) in [5.41, 5.74) is 1.28. The Bertz CT molecular complexity index is 992. The van der Waals surface area contributed by atoms with Crippen LogP contribution in [0.3, 0.4) is 0 Å². The summed E-state index contributed by atoms with van der Waals surface area (Å²) < 4.78 is 11.2. The van der Waals surface area contributed by atoms with Crippen LogP contribution in [0.1, 0.15) is 19.4 Å². The van der Waals surface area contributed by atoms with Gasteiger partial charge in [0.15, 0.2) is 16.7 Å². The van der Waals surface area contributed by atoms with E-state index in [1.807, 2.05) is 18.2 Å². The number of ether oxygens (including phenoxy) is 2. The molecule has 0 spiro atoms.